The van der Waals surface area contributed by atoms with Crippen LogP contribution in [0.5, 0.6) is 0 Å². The van der Waals surface area contributed by atoms with Crippen molar-refractivity contribution in [3.63, 3.8) is 0 Å². The van der Waals surface area contributed by atoms with Crippen molar-refractivity contribution in [3.05, 3.63) is 106 Å². The summed E-state index contributed by atoms with van der Waals surface area (Å²) >= 11 is 0. The van der Waals surface area contributed by atoms with E-state index in [0.29, 0.717) is 43.9 Å². The van der Waals surface area contributed by atoms with Crippen LogP contribution in [-0.2, 0) is 22.6 Å². The van der Waals surface area contributed by atoms with Gasteiger partial charge in [0.2, 0.25) is 6.41 Å². The second kappa shape index (κ2) is 15.9. The quantitative estimate of drug-likeness (QED) is 0.186. The zero-order valence-corrected chi connectivity index (χ0v) is 24.7. The fourth-order valence-corrected chi connectivity index (χ4v) is 4.99. The molecule has 8 heteroatoms. The summed E-state index contributed by atoms with van der Waals surface area (Å²) in [7, 11) is 1.75. The maximum atomic E-state index is 14.5. The molecule has 41 heavy (non-hydrogen) atoms. The topological polar surface area (TPSA) is 47.1 Å². The van der Waals surface area contributed by atoms with E-state index in [1.54, 1.807) is 18.9 Å². The van der Waals surface area contributed by atoms with E-state index in [2.05, 4.69) is 17.1 Å². The molecule has 0 spiro atoms. The highest BCUT2D eigenvalue weighted by Crippen LogP contribution is 2.23. The van der Waals surface area contributed by atoms with Crippen LogP contribution < -0.4 is 0 Å². The SMILES string of the molecule is C/C=C\C(=C/C)CCN1CCN(/C(C(=O)N(C)CCc2ccccc2)=C(\C)N(C=O)Cc2c(F)cccc2F)CC1. The van der Waals surface area contributed by atoms with Crippen molar-refractivity contribution >= 4 is 12.3 Å². The number of hydrogen-bond donors (Lipinski definition) is 0. The summed E-state index contributed by atoms with van der Waals surface area (Å²) in [4.78, 5) is 33.4. The van der Waals surface area contributed by atoms with Crippen molar-refractivity contribution in [2.24, 2.45) is 0 Å². The molecule has 2 aromatic rings. The Morgan fingerprint density at radius 1 is 0.976 bits per heavy atom. The lowest BCUT2D eigenvalue weighted by molar-refractivity contribution is -0.128. The molecule has 0 radical (unpaired) electrons. The molecule has 0 unspecified atom stereocenters. The highest BCUT2D eigenvalue weighted by Gasteiger charge is 2.29. The van der Waals surface area contributed by atoms with Gasteiger partial charge in [-0.3, -0.25) is 14.5 Å². The molecule has 1 fully saturated rings. The summed E-state index contributed by atoms with van der Waals surface area (Å²) in [6.45, 7) is 9.52. The molecule has 1 aliphatic rings. The number of piperazine rings is 1. The van der Waals surface area contributed by atoms with Gasteiger partial charge < -0.3 is 14.7 Å². The summed E-state index contributed by atoms with van der Waals surface area (Å²) in [6, 6.07) is 13.5. The van der Waals surface area contributed by atoms with Crippen LogP contribution in [0.4, 0.5) is 8.78 Å². The molecule has 220 valence electrons. The number of benzene rings is 2. The van der Waals surface area contributed by atoms with Crippen molar-refractivity contribution in [2.45, 2.75) is 40.2 Å². The van der Waals surface area contributed by atoms with Gasteiger partial charge in [0, 0.05) is 57.6 Å². The normalized spacial score (nSPS) is 15.2. The Bertz CT molecular complexity index is 1230. The van der Waals surface area contributed by atoms with Gasteiger partial charge in [-0.2, -0.15) is 0 Å². The first-order valence-corrected chi connectivity index (χ1v) is 14.2. The standard InChI is InChI=1S/C33H42F2N4O2/c1-5-11-27(6-2)17-19-37-20-22-38(23-21-37)32(33(41)36(4)18-16-28-12-8-7-9-13-28)26(3)39(25-40)24-29-30(34)14-10-15-31(29)35/h5-15,25H,16-24H2,1-4H3/b11-5-,27-6+,32-26+. The van der Waals surface area contributed by atoms with Gasteiger partial charge >= 0.3 is 0 Å². The third-order valence-electron chi connectivity index (χ3n) is 7.58. The number of nitrogens with zero attached hydrogens (tertiary/aromatic N) is 4. The molecular formula is C33H42F2N4O2. The molecule has 1 heterocycles. The van der Waals surface area contributed by atoms with Crippen LogP contribution in [0, 0.1) is 11.6 Å². The lowest BCUT2D eigenvalue weighted by Crippen LogP contribution is -2.49. The second-order valence-corrected chi connectivity index (χ2v) is 10.3. The number of carbonyl (C=O) groups excluding carboxylic acids is 2. The Balaban J connectivity index is 1.83. The van der Waals surface area contributed by atoms with Gasteiger partial charge in [-0.15, -0.1) is 0 Å². The van der Waals surface area contributed by atoms with Crippen LogP contribution in [0.25, 0.3) is 0 Å². The third kappa shape index (κ3) is 8.85. The van der Waals surface area contributed by atoms with Crippen molar-refractivity contribution in [1.29, 1.82) is 0 Å². The van der Waals surface area contributed by atoms with Crippen LogP contribution in [0.1, 0.15) is 38.3 Å². The van der Waals surface area contributed by atoms with Crippen LogP contribution in [0.2, 0.25) is 0 Å². The van der Waals surface area contributed by atoms with E-state index in [4.69, 9.17) is 0 Å². The first-order chi connectivity index (χ1) is 19.8. The van der Waals surface area contributed by atoms with Gasteiger partial charge in [0.15, 0.2) is 0 Å². The molecule has 3 rings (SSSR count). The van der Waals surface area contributed by atoms with E-state index in [1.165, 1.54) is 28.7 Å². The van der Waals surface area contributed by atoms with Crippen LogP contribution in [0.15, 0.2) is 83.7 Å². The van der Waals surface area contributed by atoms with Gasteiger partial charge in [0.05, 0.1) is 6.54 Å². The van der Waals surface area contributed by atoms with Gasteiger partial charge in [-0.1, -0.05) is 60.2 Å². The number of halogens is 2. The van der Waals surface area contributed by atoms with E-state index < -0.39 is 11.6 Å². The van der Waals surface area contributed by atoms with E-state index in [-0.39, 0.29) is 18.0 Å². The number of allylic oxidation sites excluding steroid dienone is 4. The average molecular weight is 565 g/mol. The average Bonchev–Trinajstić information content (AvgIpc) is 2.99. The van der Waals surface area contributed by atoms with Gasteiger partial charge in [0.1, 0.15) is 17.3 Å². The lowest BCUT2D eigenvalue weighted by Gasteiger charge is -2.39. The van der Waals surface area contributed by atoms with Crippen LogP contribution in [0.3, 0.4) is 0 Å². The van der Waals surface area contributed by atoms with Gasteiger partial charge in [-0.05, 0) is 51.3 Å². The third-order valence-corrected chi connectivity index (χ3v) is 7.58. The van der Waals surface area contributed by atoms with Crippen LogP contribution in [-0.4, -0.2) is 78.2 Å². The summed E-state index contributed by atoms with van der Waals surface area (Å²) in [6.07, 6.45) is 8.44. The molecule has 1 saturated heterocycles. The molecule has 2 aromatic carbocycles. The van der Waals surface area contributed by atoms with Crippen molar-refractivity contribution in [1.82, 2.24) is 19.6 Å². The fraction of sp³-hybridized carbons (Fsp3) is 0.394. The smallest absolute Gasteiger partial charge is 0.271 e. The van der Waals surface area contributed by atoms with Crippen molar-refractivity contribution in [3.8, 4) is 0 Å². The summed E-state index contributed by atoms with van der Waals surface area (Å²) in [5.74, 6) is -1.69. The molecule has 6 nitrogen and oxygen atoms in total. The number of hydrogen-bond acceptors (Lipinski definition) is 4. The molecule has 0 N–H and O–H groups in total. The highest BCUT2D eigenvalue weighted by atomic mass is 19.1. The molecule has 0 saturated carbocycles. The predicted molar refractivity (Wildman–Crippen MR) is 160 cm³/mol. The fourth-order valence-electron chi connectivity index (χ4n) is 4.99. The van der Waals surface area contributed by atoms with Gasteiger partial charge in [-0.25, -0.2) is 8.78 Å². The minimum absolute atomic E-state index is 0.214. The Hall–Kier alpha value is -3.78. The summed E-state index contributed by atoms with van der Waals surface area (Å²) < 4.78 is 28.9. The first kappa shape index (κ1) is 31.7. The Kier molecular flexibility index (Phi) is 12.3. The Morgan fingerprint density at radius 3 is 2.22 bits per heavy atom. The van der Waals surface area contributed by atoms with Crippen LogP contribution >= 0.6 is 0 Å². The van der Waals surface area contributed by atoms with E-state index >= 15 is 0 Å². The molecular weight excluding hydrogens is 522 g/mol. The maximum Gasteiger partial charge on any atom is 0.271 e. The predicted octanol–water partition coefficient (Wildman–Crippen LogP) is 5.39. The summed E-state index contributed by atoms with van der Waals surface area (Å²) in [5, 5.41) is 0. The Morgan fingerprint density at radius 2 is 1.63 bits per heavy atom. The van der Waals surface area contributed by atoms with E-state index in [0.717, 1.165) is 31.6 Å². The zero-order valence-electron chi connectivity index (χ0n) is 24.7. The first-order valence-electron chi connectivity index (χ1n) is 14.2. The highest BCUT2D eigenvalue weighted by molar-refractivity contribution is 5.93. The molecule has 1 aliphatic heterocycles. The second-order valence-electron chi connectivity index (χ2n) is 10.3. The molecule has 0 atom stereocenters. The largest absolute Gasteiger partial charge is 0.363 e. The molecule has 2 amide bonds. The van der Waals surface area contributed by atoms with Crippen molar-refractivity contribution < 1.29 is 18.4 Å². The van der Waals surface area contributed by atoms with Crippen molar-refractivity contribution in [2.75, 3.05) is 46.3 Å². The molecule has 0 bridgehead atoms. The zero-order chi connectivity index (χ0) is 29.8. The van der Waals surface area contributed by atoms with E-state index in [9.17, 15) is 18.4 Å². The summed E-state index contributed by atoms with van der Waals surface area (Å²) in [5.41, 5.74) is 2.94. The minimum atomic E-state index is -0.732. The van der Waals surface area contributed by atoms with E-state index in [1.807, 2.05) is 55.2 Å². The molecule has 0 aliphatic carbocycles. The maximum absolute atomic E-state index is 14.5. The number of rotatable bonds is 13. The monoisotopic (exact) mass is 564 g/mol. The molecule has 0 aromatic heterocycles. The number of likely N-dealkylation sites (N-methyl/N-ethyl adjacent to an activating group) is 1. The number of amides is 2. The minimum Gasteiger partial charge on any atom is -0.363 e. The van der Waals surface area contributed by atoms with Gasteiger partial charge in [0.25, 0.3) is 5.91 Å². The Labute approximate surface area is 243 Å². The number of carbonyl (C=O) groups is 2. The lowest BCUT2D eigenvalue weighted by atomic mass is 10.1.